The number of benzene rings is 2. The topological polar surface area (TPSA) is 66.7 Å². The summed E-state index contributed by atoms with van der Waals surface area (Å²) in [6.07, 6.45) is 0. The van der Waals surface area contributed by atoms with Crippen LogP contribution in [-0.4, -0.2) is 41.9 Å². The molecule has 154 valence electrons. The van der Waals surface area contributed by atoms with Gasteiger partial charge in [0.15, 0.2) is 23.3 Å². The van der Waals surface area contributed by atoms with Crippen LogP contribution in [0.1, 0.15) is 15.9 Å². The number of nitro groups is 1. The Bertz CT molecular complexity index is 978. The fourth-order valence-corrected chi connectivity index (χ4v) is 3.13. The van der Waals surface area contributed by atoms with E-state index in [4.69, 9.17) is 0 Å². The van der Waals surface area contributed by atoms with Crippen molar-refractivity contribution >= 4 is 17.3 Å². The van der Waals surface area contributed by atoms with Crippen LogP contribution in [0.15, 0.2) is 18.2 Å². The quantitative estimate of drug-likeness (QED) is 0.253. The van der Waals surface area contributed by atoms with Crippen LogP contribution in [0.2, 0.25) is 0 Å². The van der Waals surface area contributed by atoms with Crippen molar-refractivity contribution in [3.05, 3.63) is 68.5 Å². The summed E-state index contributed by atoms with van der Waals surface area (Å²) in [4.78, 5) is 25.3. The van der Waals surface area contributed by atoms with Crippen molar-refractivity contribution in [2.75, 3.05) is 31.1 Å². The Hall–Kier alpha value is -3.24. The second kappa shape index (κ2) is 7.64. The molecule has 0 saturated carbocycles. The Labute approximate surface area is 161 Å². The molecule has 2 aromatic carbocycles. The van der Waals surface area contributed by atoms with Gasteiger partial charge in [0.1, 0.15) is 5.69 Å². The van der Waals surface area contributed by atoms with Crippen molar-refractivity contribution in [2.45, 2.75) is 6.92 Å². The van der Waals surface area contributed by atoms with Crippen molar-refractivity contribution < 1.29 is 31.7 Å². The van der Waals surface area contributed by atoms with E-state index in [1.54, 1.807) is 0 Å². The molecule has 1 amide bonds. The lowest BCUT2D eigenvalue weighted by Gasteiger charge is -2.36. The third kappa shape index (κ3) is 3.59. The zero-order valence-electron chi connectivity index (χ0n) is 15.0. The monoisotopic (exact) mass is 415 g/mol. The first-order chi connectivity index (χ1) is 13.6. The molecule has 0 bridgehead atoms. The van der Waals surface area contributed by atoms with Crippen molar-refractivity contribution in [1.82, 2.24) is 4.90 Å². The van der Waals surface area contributed by atoms with Gasteiger partial charge in [-0.3, -0.25) is 14.9 Å². The average molecular weight is 415 g/mol. The normalized spacial score (nSPS) is 14.3. The minimum absolute atomic E-state index is 0.0620. The number of halogens is 5. The van der Waals surface area contributed by atoms with Gasteiger partial charge in [0, 0.05) is 43.4 Å². The van der Waals surface area contributed by atoms with Crippen LogP contribution >= 0.6 is 0 Å². The molecule has 0 N–H and O–H groups in total. The summed E-state index contributed by atoms with van der Waals surface area (Å²) in [5.41, 5.74) is -0.829. The second-order valence-corrected chi connectivity index (χ2v) is 6.46. The third-order valence-electron chi connectivity index (χ3n) is 4.72. The number of carbonyl (C=O) groups is 1. The number of piperazine rings is 1. The number of carbonyl (C=O) groups excluding carboxylic acids is 1. The van der Waals surface area contributed by atoms with Crippen LogP contribution in [-0.2, 0) is 0 Å². The van der Waals surface area contributed by atoms with E-state index in [-0.39, 0.29) is 37.4 Å². The fraction of sp³-hybridized carbons (Fsp3) is 0.278. The number of nitro benzene ring substituents is 1. The summed E-state index contributed by atoms with van der Waals surface area (Å²) in [6.45, 7) is 1.02. The van der Waals surface area contributed by atoms with Crippen molar-refractivity contribution in [3.8, 4) is 0 Å². The number of nitrogens with zero attached hydrogens (tertiary/aromatic N) is 3. The highest BCUT2D eigenvalue weighted by Crippen LogP contribution is 2.31. The molecule has 3 rings (SSSR count). The van der Waals surface area contributed by atoms with E-state index in [2.05, 4.69) is 0 Å². The van der Waals surface area contributed by atoms with E-state index in [0.29, 0.717) is 5.56 Å². The molecule has 0 radical (unpaired) electrons. The number of aryl methyl sites for hydroxylation is 1. The minimum atomic E-state index is -2.24. The van der Waals surface area contributed by atoms with Gasteiger partial charge in [0.05, 0.1) is 4.92 Å². The lowest BCUT2D eigenvalue weighted by Crippen LogP contribution is -2.49. The van der Waals surface area contributed by atoms with Gasteiger partial charge in [-0.25, -0.2) is 22.0 Å². The van der Waals surface area contributed by atoms with E-state index in [9.17, 15) is 36.9 Å². The Morgan fingerprint density at radius 2 is 1.45 bits per heavy atom. The van der Waals surface area contributed by atoms with Crippen LogP contribution in [0.5, 0.6) is 0 Å². The maximum Gasteiger partial charge on any atom is 0.273 e. The van der Waals surface area contributed by atoms with Gasteiger partial charge in [-0.2, -0.15) is 0 Å². The van der Waals surface area contributed by atoms with Gasteiger partial charge in [0.25, 0.3) is 11.6 Å². The van der Waals surface area contributed by atoms with Crippen LogP contribution in [0.25, 0.3) is 0 Å². The van der Waals surface area contributed by atoms with Crippen LogP contribution in [0.4, 0.5) is 33.3 Å². The van der Waals surface area contributed by atoms with Gasteiger partial charge < -0.3 is 9.80 Å². The summed E-state index contributed by atoms with van der Waals surface area (Å²) in [5.74, 6) is -10.7. The van der Waals surface area contributed by atoms with E-state index >= 15 is 0 Å². The van der Waals surface area contributed by atoms with Gasteiger partial charge in [-0.15, -0.1) is 0 Å². The van der Waals surface area contributed by atoms with Crippen molar-refractivity contribution in [1.29, 1.82) is 0 Å². The molecule has 1 saturated heterocycles. The zero-order chi connectivity index (χ0) is 21.5. The molecular weight excluding hydrogens is 401 g/mol. The van der Waals surface area contributed by atoms with Crippen LogP contribution < -0.4 is 4.90 Å². The largest absolute Gasteiger partial charge is 0.363 e. The maximum absolute atomic E-state index is 14.0. The molecule has 0 spiro atoms. The first-order valence-corrected chi connectivity index (χ1v) is 8.44. The molecule has 6 nitrogen and oxygen atoms in total. The molecule has 0 atom stereocenters. The molecular formula is C18H14F5N3O3. The van der Waals surface area contributed by atoms with E-state index in [1.165, 1.54) is 24.0 Å². The van der Waals surface area contributed by atoms with E-state index in [0.717, 1.165) is 11.0 Å². The number of hydrogen-bond donors (Lipinski definition) is 0. The molecule has 1 aliphatic heterocycles. The van der Waals surface area contributed by atoms with Crippen molar-refractivity contribution in [2.24, 2.45) is 0 Å². The molecule has 0 aliphatic carbocycles. The molecule has 0 aromatic heterocycles. The molecule has 0 unspecified atom stereocenters. The lowest BCUT2D eigenvalue weighted by atomic mass is 10.1. The standard InChI is InChI=1S/C18H14F5N3O3/c1-9-2-3-10(8-11(9)26(28)29)18(27)25-6-4-24(5-7-25)17-15(22)13(20)12(19)14(21)16(17)23/h2-3,8H,4-7H2,1H3. The first kappa shape index (κ1) is 20.5. The maximum atomic E-state index is 14.0. The molecule has 11 heteroatoms. The Morgan fingerprint density at radius 1 is 0.931 bits per heavy atom. The van der Waals surface area contributed by atoms with Gasteiger partial charge in [-0.1, -0.05) is 6.07 Å². The molecule has 29 heavy (non-hydrogen) atoms. The average Bonchev–Trinajstić information content (AvgIpc) is 2.71. The highest BCUT2D eigenvalue weighted by atomic mass is 19.2. The first-order valence-electron chi connectivity index (χ1n) is 8.44. The van der Waals surface area contributed by atoms with Crippen molar-refractivity contribution in [3.63, 3.8) is 0 Å². The SMILES string of the molecule is Cc1ccc(C(=O)N2CCN(c3c(F)c(F)c(F)c(F)c3F)CC2)cc1[N+](=O)[O-]. The molecule has 2 aromatic rings. The summed E-state index contributed by atoms with van der Waals surface area (Å²) in [7, 11) is 0. The summed E-state index contributed by atoms with van der Waals surface area (Å²) >= 11 is 0. The Kier molecular flexibility index (Phi) is 5.40. The summed E-state index contributed by atoms with van der Waals surface area (Å²) < 4.78 is 67.9. The number of rotatable bonds is 3. The summed E-state index contributed by atoms with van der Waals surface area (Å²) in [5, 5.41) is 11.0. The van der Waals surface area contributed by atoms with Gasteiger partial charge in [-0.05, 0) is 13.0 Å². The smallest absolute Gasteiger partial charge is 0.273 e. The van der Waals surface area contributed by atoms with E-state index in [1.807, 2.05) is 0 Å². The Morgan fingerprint density at radius 3 is 1.97 bits per heavy atom. The third-order valence-corrected chi connectivity index (χ3v) is 4.72. The highest BCUT2D eigenvalue weighted by Gasteiger charge is 2.32. The minimum Gasteiger partial charge on any atom is -0.363 e. The summed E-state index contributed by atoms with van der Waals surface area (Å²) in [6, 6.07) is 3.98. The van der Waals surface area contributed by atoms with Crippen LogP contribution in [0, 0.1) is 46.1 Å². The predicted molar refractivity (Wildman–Crippen MR) is 92.2 cm³/mol. The number of hydrogen-bond acceptors (Lipinski definition) is 4. The van der Waals surface area contributed by atoms with Crippen LogP contribution in [0.3, 0.4) is 0 Å². The van der Waals surface area contributed by atoms with E-state index < -0.39 is 45.6 Å². The highest BCUT2D eigenvalue weighted by molar-refractivity contribution is 5.95. The number of amides is 1. The molecule has 1 fully saturated rings. The predicted octanol–water partition coefficient (Wildman–Crippen LogP) is 3.56. The zero-order valence-corrected chi connectivity index (χ0v) is 15.0. The fourth-order valence-electron chi connectivity index (χ4n) is 3.13. The number of anilines is 1. The second-order valence-electron chi connectivity index (χ2n) is 6.46. The van der Waals surface area contributed by atoms with Gasteiger partial charge in [0.2, 0.25) is 5.82 Å². The Balaban J connectivity index is 1.79. The molecule has 1 heterocycles. The van der Waals surface area contributed by atoms with Gasteiger partial charge >= 0.3 is 0 Å². The molecule has 1 aliphatic rings. The lowest BCUT2D eigenvalue weighted by molar-refractivity contribution is -0.385.